The van der Waals surface area contributed by atoms with E-state index in [0.29, 0.717) is 4.88 Å². The highest BCUT2D eigenvalue weighted by atomic mass is 32.2. The van der Waals surface area contributed by atoms with Crippen LogP contribution in [0.4, 0.5) is 26.3 Å². The minimum atomic E-state index is -4.79. The Morgan fingerprint density at radius 2 is 1.59 bits per heavy atom. The van der Waals surface area contributed by atoms with Gasteiger partial charge in [-0.3, -0.25) is 4.40 Å². The van der Waals surface area contributed by atoms with Gasteiger partial charge in [0.05, 0.1) is 22.2 Å². The van der Waals surface area contributed by atoms with E-state index in [1.807, 2.05) is 0 Å². The van der Waals surface area contributed by atoms with E-state index in [4.69, 9.17) is 5.14 Å². The second-order valence-corrected chi connectivity index (χ2v) is 9.84. The minimum absolute atomic E-state index is 0.00207. The average Bonchev–Trinajstić information content (AvgIpc) is 3.37. The van der Waals surface area contributed by atoms with E-state index in [1.54, 1.807) is 0 Å². The quantitative estimate of drug-likeness (QED) is 0.297. The van der Waals surface area contributed by atoms with Gasteiger partial charge in [0.25, 0.3) is 0 Å². The number of nitrogens with zero attached hydrogens (tertiary/aromatic N) is 2. The molecule has 0 aliphatic rings. The standard InChI is InChI=1S/C21H11F6N3O2S2/c22-20(23,24)14-3-1-12(2-4-14)13-9-17(21(25,26)27)19-29-10-15(30(19)11-13)5-6-16-7-8-18(33-16)34(28,31)32/h1-4,7-11H,(H2,28,31,32). The third-order valence-corrected chi connectivity index (χ3v) is 7.07. The normalized spacial score (nSPS) is 12.6. The summed E-state index contributed by atoms with van der Waals surface area (Å²) in [4.78, 5) is 4.10. The van der Waals surface area contributed by atoms with Crippen molar-refractivity contribution in [2.45, 2.75) is 16.6 Å². The second-order valence-electron chi connectivity index (χ2n) is 6.97. The summed E-state index contributed by atoms with van der Waals surface area (Å²) in [7, 11) is -3.92. The fourth-order valence-corrected chi connectivity index (χ4v) is 4.65. The molecule has 0 saturated carbocycles. The Balaban J connectivity index is 1.83. The second kappa shape index (κ2) is 8.15. The maximum Gasteiger partial charge on any atom is 0.420 e. The number of halogens is 6. The molecule has 0 aliphatic heterocycles. The van der Waals surface area contributed by atoms with E-state index in [9.17, 15) is 34.8 Å². The number of hydrogen-bond donors (Lipinski definition) is 1. The van der Waals surface area contributed by atoms with E-state index in [2.05, 4.69) is 16.8 Å². The molecule has 0 amide bonds. The minimum Gasteiger partial charge on any atom is -0.292 e. The summed E-state index contributed by atoms with van der Waals surface area (Å²) >= 11 is 0.790. The molecule has 3 heterocycles. The SMILES string of the molecule is NS(=O)(=O)c1ccc(C#Cc2cnc3c(C(F)(F)F)cc(-c4ccc(C(F)(F)F)cc4)cn23)s1. The number of benzene rings is 1. The first-order chi connectivity index (χ1) is 15.7. The molecule has 13 heteroatoms. The lowest BCUT2D eigenvalue weighted by Gasteiger charge is -2.12. The summed E-state index contributed by atoms with van der Waals surface area (Å²) in [5.41, 5.74) is -2.28. The number of sulfonamides is 1. The van der Waals surface area contributed by atoms with E-state index >= 15 is 0 Å². The number of nitrogens with two attached hydrogens (primary N) is 1. The number of imidazole rings is 1. The fraction of sp³-hybridized carbons (Fsp3) is 0.0952. The number of thiophene rings is 1. The van der Waals surface area contributed by atoms with Gasteiger partial charge in [-0.25, -0.2) is 18.5 Å². The van der Waals surface area contributed by atoms with Crippen LogP contribution in [-0.2, 0) is 22.4 Å². The maximum absolute atomic E-state index is 13.7. The molecule has 0 fully saturated rings. The van der Waals surface area contributed by atoms with Crippen LogP contribution in [0.1, 0.15) is 21.7 Å². The average molecular weight is 515 g/mol. The van der Waals surface area contributed by atoms with Crippen molar-refractivity contribution in [3.8, 4) is 23.0 Å². The Morgan fingerprint density at radius 1 is 0.912 bits per heavy atom. The van der Waals surface area contributed by atoms with Gasteiger partial charge in [0, 0.05) is 6.20 Å². The first kappa shape index (κ1) is 23.8. The Bertz CT molecular complexity index is 1550. The smallest absolute Gasteiger partial charge is 0.292 e. The van der Waals surface area contributed by atoms with Crippen LogP contribution in [0.15, 0.2) is 59.1 Å². The molecule has 0 bridgehead atoms. The Kier molecular flexibility index (Phi) is 5.71. The highest BCUT2D eigenvalue weighted by Gasteiger charge is 2.35. The lowest BCUT2D eigenvalue weighted by atomic mass is 10.0. The summed E-state index contributed by atoms with van der Waals surface area (Å²) in [6, 6.07) is 7.17. The van der Waals surface area contributed by atoms with Crippen LogP contribution in [0.25, 0.3) is 16.8 Å². The number of aromatic nitrogens is 2. The highest BCUT2D eigenvalue weighted by molar-refractivity contribution is 7.91. The van der Waals surface area contributed by atoms with Crippen LogP contribution < -0.4 is 5.14 Å². The molecule has 0 aliphatic carbocycles. The zero-order chi connectivity index (χ0) is 24.9. The van der Waals surface area contributed by atoms with Gasteiger partial charge in [0.1, 0.15) is 15.6 Å². The van der Waals surface area contributed by atoms with Gasteiger partial charge >= 0.3 is 12.4 Å². The Hall–Kier alpha value is -3.34. The summed E-state index contributed by atoms with van der Waals surface area (Å²) < 4.78 is 103. The van der Waals surface area contributed by atoms with Crippen LogP contribution in [0.2, 0.25) is 0 Å². The van der Waals surface area contributed by atoms with Crippen molar-refractivity contribution < 1.29 is 34.8 Å². The van der Waals surface area contributed by atoms with Crippen LogP contribution in [0.3, 0.4) is 0 Å². The molecule has 4 aromatic rings. The van der Waals surface area contributed by atoms with Gasteiger partial charge in [0.2, 0.25) is 10.0 Å². The van der Waals surface area contributed by atoms with Crippen molar-refractivity contribution in [1.29, 1.82) is 0 Å². The molecule has 34 heavy (non-hydrogen) atoms. The highest BCUT2D eigenvalue weighted by Crippen LogP contribution is 2.36. The first-order valence-electron chi connectivity index (χ1n) is 9.14. The summed E-state index contributed by atoms with van der Waals surface area (Å²) in [5.74, 6) is 5.30. The molecule has 1 aromatic carbocycles. The van der Waals surface area contributed by atoms with Crippen LogP contribution in [0, 0.1) is 11.8 Å². The molecule has 0 unspecified atom stereocenters. The lowest BCUT2D eigenvalue weighted by molar-refractivity contribution is -0.138. The molecule has 2 N–H and O–H groups in total. The molecular weight excluding hydrogens is 504 g/mol. The van der Waals surface area contributed by atoms with Crippen LogP contribution in [0.5, 0.6) is 0 Å². The van der Waals surface area contributed by atoms with Gasteiger partial charge in [0.15, 0.2) is 0 Å². The number of hydrogen-bond acceptors (Lipinski definition) is 4. The van der Waals surface area contributed by atoms with Gasteiger partial charge in [-0.15, -0.1) is 11.3 Å². The van der Waals surface area contributed by atoms with Crippen LogP contribution >= 0.6 is 11.3 Å². The zero-order valence-electron chi connectivity index (χ0n) is 16.6. The van der Waals surface area contributed by atoms with E-state index < -0.39 is 39.1 Å². The molecule has 5 nitrogen and oxygen atoms in total. The number of primary sulfonamides is 1. The molecule has 4 rings (SSSR count). The molecule has 0 spiro atoms. The molecular formula is C21H11F6N3O2S2. The maximum atomic E-state index is 13.7. The van der Waals surface area contributed by atoms with Crippen molar-refractivity contribution >= 4 is 27.0 Å². The number of alkyl halides is 6. The van der Waals surface area contributed by atoms with Gasteiger partial charge in [-0.2, -0.15) is 26.3 Å². The molecule has 0 radical (unpaired) electrons. The van der Waals surface area contributed by atoms with E-state index in [1.165, 1.54) is 18.3 Å². The Morgan fingerprint density at radius 3 is 2.15 bits per heavy atom. The zero-order valence-corrected chi connectivity index (χ0v) is 18.2. The number of fused-ring (bicyclic) bond motifs is 1. The van der Waals surface area contributed by atoms with Crippen molar-refractivity contribution in [1.82, 2.24) is 9.38 Å². The third kappa shape index (κ3) is 4.79. The van der Waals surface area contributed by atoms with E-state index in [-0.39, 0.29) is 21.0 Å². The van der Waals surface area contributed by atoms with Crippen molar-refractivity contribution in [3.63, 3.8) is 0 Å². The fourth-order valence-electron chi connectivity index (χ4n) is 3.06. The topological polar surface area (TPSA) is 77.5 Å². The predicted molar refractivity (Wildman–Crippen MR) is 112 cm³/mol. The number of rotatable bonds is 2. The Labute approximate surface area is 192 Å². The number of pyridine rings is 1. The molecule has 0 saturated heterocycles. The third-order valence-electron chi connectivity index (χ3n) is 4.63. The van der Waals surface area contributed by atoms with Crippen molar-refractivity contribution in [2.75, 3.05) is 0 Å². The van der Waals surface area contributed by atoms with Gasteiger partial charge in [-0.1, -0.05) is 12.1 Å². The van der Waals surface area contributed by atoms with Crippen molar-refractivity contribution in [2.24, 2.45) is 5.14 Å². The van der Waals surface area contributed by atoms with Crippen molar-refractivity contribution in [3.05, 3.63) is 76.6 Å². The van der Waals surface area contributed by atoms with Crippen LogP contribution in [-0.4, -0.2) is 17.8 Å². The van der Waals surface area contributed by atoms with Gasteiger partial charge in [-0.05, 0) is 53.3 Å². The molecule has 0 atom stereocenters. The summed E-state index contributed by atoms with van der Waals surface area (Å²) in [6.07, 6.45) is -6.98. The monoisotopic (exact) mass is 515 g/mol. The molecule has 3 aromatic heterocycles. The molecule has 176 valence electrons. The largest absolute Gasteiger partial charge is 0.420 e. The lowest BCUT2D eigenvalue weighted by Crippen LogP contribution is -2.09. The summed E-state index contributed by atoms with van der Waals surface area (Å²) in [6.45, 7) is 0. The van der Waals surface area contributed by atoms with Gasteiger partial charge < -0.3 is 0 Å². The first-order valence-corrected chi connectivity index (χ1v) is 11.5. The summed E-state index contributed by atoms with van der Waals surface area (Å²) in [5, 5.41) is 5.05. The predicted octanol–water partition coefficient (Wildman–Crippen LogP) is 5.15. The van der Waals surface area contributed by atoms with E-state index in [0.717, 1.165) is 52.3 Å².